The van der Waals surface area contributed by atoms with Gasteiger partial charge in [-0.1, -0.05) is 27.5 Å². The molecule has 1 rings (SSSR count). The quantitative estimate of drug-likeness (QED) is 0.784. The molecule has 0 heterocycles. The molecule has 106 valence electrons. The van der Waals surface area contributed by atoms with E-state index >= 15 is 0 Å². The van der Waals surface area contributed by atoms with Gasteiger partial charge in [0.15, 0.2) is 5.75 Å². The van der Waals surface area contributed by atoms with Crippen LogP contribution in [-0.2, 0) is 13.8 Å². The van der Waals surface area contributed by atoms with Gasteiger partial charge < -0.3 is 10.1 Å². The Kier molecular flexibility index (Phi) is 5.91. The van der Waals surface area contributed by atoms with Crippen LogP contribution >= 0.6 is 38.2 Å². The fraction of sp³-hybridized carbons (Fsp3) is 0.300. The molecule has 19 heavy (non-hydrogen) atoms. The van der Waals surface area contributed by atoms with Gasteiger partial charge in [0.05, 0.1) is 18.1 Å². The van der Waals surface area contributed by atoms with Gasteiger partial charge in [-0.25, -0.2) is 8.42 Å². The van der Waals surface area contributed by atoms with Gasteiger partial charge in [0.25, 0.3) is 9.05 Å². The Labute approximate surface area is 128 Å². The monoisotopic (exact) mass is 389 g/mol. The van der Waals surface area contributed by atoms with Crippen molar-refractivity contribution in [2.24, 2.45) is 0 Å². The third kappa shape index (κ3) is 4.83. The Hall–Kier alpha value is -0.500. The number of amides is 1. The molecule has 0 fully saturated rings. The second-order valence-corrected chi connectivity index (χ2v) is 7.28. The Morgan fingerprint density at radius 1 is 1.47 bits per heavy atom. The van der Waals surface area contributed by atoms with Crippen LogP contribution in [0, 0.1) is 0 Å². The van der Waals surface area contributed by atoms with Crippen molar-refractivity contribution in [3.05, 3.63) is 21.6 Å². The molecule has 5 nitrogen and oxygen atoms in total. The highest BCUT2D eigenvalue weighted by Crippen LogP contribution is 2.37. The minimum absolute atomic E-state index is 0.0135. The number of carbonyl (C=O) groups excluding carboxylic acids is 1. The maximum Gasteiger partial charge on any atom is 0.265 e. The molecule has 0 aliphatic rings. The third-order valence-electron chi connectivity index (χ3n) is 2.09. The fourth-order valence-electron chi connectivity index (χ4n) is 1.23. The Morgan fingerprint density at radius 2 is 2.11 bits per heavy atom. The average molecular weight is 391 g/mol. The molecule has 0 unspecified atom stereocenters. The standard InChI is InChI=1S/C10H10BrCl2NO4S/c1-14-9(15)2-3-18-10-7(12)4-6(11)5-8(10)19(13,16)17/h4-5H,2-3H2,1H3,(H,14,15). The number of ether oxygens (including phenoxy) is 1. The lowest BCUT2D eigenvalue weighted by Crippen LogP contribution is -2.20. The van der Waals surface area contributed by atoms with Crippen molar-refractivity contribution < 1.29 is 17.9 Å². The normalized spacial score (nSPS) is 11.2. The SMILES string of the molecule is CNC(=O)CCOc1c(Cl)cc(Br)cc1S(=O)(=O)Cl. The first kappa shape index (κ1) is 16.6. The van der Waals surface area contributed by atoms with Crippen molar-refractivity contribution >= 4 is 53.2 Å². The van der Waals surface area contributed by atoms with Gasteiger partial charge in [0.2, 0.25) is 5.91 Å². The summed E-state index contributed by atoms with van der Waals surface area (Å²) in [5, 5.41) is 2.50. The van der Waals surface area contributed by atoms with Crippen molar-refractivity contribution in [3.8, 4) is 5.75 Å². The molecular weight excluding hydrogens is 381 g/mol. The first-order valence-electron chi connectivity index (χ1n) is 5.02. The second kappa shape index (κ2) is 6.78. The summed E-state index contributed by atoms with van der Waals surface area (Å²) < 4.78 is 28.6. The lowest BCUT2D eigenvalue weighted by atomic mass is 10.3. The van der Waals surface area contributed by atoms with E-state index in [1.54, 1.807) is 0 Å². The van der Waals surface area contributed by atoms with Crippen LogP contribution in [0.2, 0.25) is 5.02 Å². The van der Waals surface area contributed by atoms with Crippen LogP contribution in [0.3, 0.4) is 0 Å². The van der Waals surface area contributed by atoms with Gasteiger partial charge in [0.1, 0.15) is 4.90 Å². The molecule has 0 spiro atoms. The van der Waals surface area contributed by atoms with Crippen LogP contribution < -0.4 is 10.1 Å². The van der Waals surface area contributed by atoms with E-state index in [0.717, 1.165) is 0 Å². The second-order valence-electron chi connectivity index (χ2n) is 3.42. The molecule has 1 aromatic carbocycles. The van der Waals surface area contributed by atoms with E-state index in [1.807, 2.05) is 0 Å². The zero-order valence-corrected chi connectivity index (χ0v) is 13.7. The van der Waals surface area contributed by atoms with Gasteiger partial charge in [0, 0.05) is 22.2 Å². The average Bonchev–Trinajstić information content (AvgIpc) is 2.29. The lowest BCUT2D eigenvalue weighted by molar-refractivity contribution is -0.121. The molecule has 0 saturated heterocycles. The summed E-state index contributed by atoms with van der Waals surface area (Å²) >= 11 is 9.03. The number of hydrogen-bond acceptors (Lipinski definition) is 4. The minimum Gasteiger partial charge on any atom is -0.490 e. The largest absolute Gasteiger partial charge is 0.490 e. The molecule has 1 amide bonds. The van der Waals surface area contributed by atoms with E-state index in [1.165, 1.54) is 19.2 Å². The van der Waals surface area contributed by atoms with Crippen LogP contribution in [0.5, 0.6) is 5.75 Å². The van der Waals surface area contributed by atoms with E-state index in [9.17, 15) is 13.2 Å². The molecule has 0 saturated carbocycles. The smallest absolute Gasteiger partial charge is 0.265 e. The summed E-state index contributed by atoms with van der Waals surface area (Å²) in [7, 11) is 2.80. The first-order chi connectivity index (χ1) is 8.75. The van der Waals surface area contributed by atoms with Crippen molar-refractivity contribution in [2.75, 3.05) is 13.7 Å². The number of benzene rings is 1. The molecule has 0 aromatic heterocycles. The van der Waals surface area contributed by atoms with Crippen molar-refractivity contribution in [1.29, 1.82) is 0 Å². The van der Waals surface area contributed by atoms with Crippen molar-refractivity contribution in [3.63, 3.8) is 0 Å². The molecule has 0 bridgehead atoms. The number of carbonyl (C=O) groups is 1. The number of halogens is 3. The van der Waals surface area contributed by atoms with Crippen LogP contribution in [-0.4, -0.2) is 28.0 Å². The van der Waals surface area contributed by atoms with E-state index in [-0.39, 0.29) is 34.6 Å². The first-order valence-corrected chi connectivity index (χ1v) is 8.51. The number of hydrogen-bond donors (Lipinski definition) is 1. The highest BCUT2D eigenvalue weighted by Gasteiger charge is 2.21. The van der Waals surface area contributed by atoms with Crippen molar-refractivity contribution in [1.82, 2.24) is 5.32 Å². The maximum absolute atomic E-state index is 11.4. The number of rotatable bonds is 5. The Balaban J connectivity index is 3.03. The molecule has 0 radical (unpaired) electrons. The molecule has 1 aromatic rings. The van der Waals surface area contributed by atoms with Gasteiger partial charge in [-0.15, -0.1) is 0 Å². The lowest BCUT2D eigenvalue weighted by Gasteiger charge is -2.11. The summed E-state index contributed by atoms with van der Waals surface area (Å²) in [5.41, 5.74) is 0. The topological polar surface area (TPSA) is 72.5 Å². The minimum atomic E-state index is -4.00. The molecule has 9 heteroatoms. The predicted molar refractivity (Wildman–Crippen MR) is 76.4 cm³/mol. The molecule has 0 atom stereocenters. The number of nitrogens with one attached hydrogen (secondary N) is 1. The maximum atomic E-state index is 11.4. The molecule has 0 aliphatic heterocycles. The molecule has 1 N–H and O–H groups in total. The fourth-order valence-corrected chi connectivity index (χ4v) is 3.30. The zero-order chi connectivity index (χ0) is 14.6. The van der Waals surface area contributed by atoms with Crippen LogP contribution in [0.25, 0.3) is 0 Å². The van der Waals surface area contributed by atoms with Gasteiger partial charge in [-0.05, 0) is 12.1 Å². The third-order valence-corrected chi connectivity index (χ3v) is 4.16. The molecular formula is C10H10BrCl2NO4S. The summed E-state index contributed by atoms with van der Waals surface area (Å²) in [4.78, 5) is 10.8. The zero-order valence-electron chi connectivity index (χ0n) is 9.74. The van der Waals surface area contributed by atoms with E-state index < -0.39 is 9.05 Å². The highest BCUT2D eigenvalue weighted by molar-refractivity contribution is 9.10. The summed E-state index contributed by atoms with van der Waals surface area (Å²) in [5.74, 6) is -0.299. The Morgan fingerprint density at radius 3 is 2.63 bits per heavy atom. The van der Waals surface area contributed by atoms with Gasteiger partial charge in [-0.2, -0.15) is 0 Å². The van der Waals surface area contributed by atoms with Crippen LogP contribution in [0.15, 0.2) is 21.5 Å². The summed E-state index contributed by atoms with van der Waals surface area (Å²) in [6.07, 6.45) is 0.0741. The van der Waals surface area contributed by atoms with Crippen LogP contribution in [0.4, 0.5) is 0 Å². The molecule has 0 aliphatic carbocycles. The van der Waals surface area contributed by atoms with Crippen LogP contribution in [0.1, 0.15) is 6.42 Å². The predicted octanol–water partition coefficient (Wildman–Crippen LogP) is 2.54. The van der Waals surface area contributed by atoms with Gasteiger partial charge in [-0.3, -0.25) is 4.79 Å². The Bertz CT molecular complexity index is 591. The van der Waals surface area contributed by atoms with E-state index in [4.69, 9.17) is 27.0 Å². The van der Waals surface area contributed by atoms with E-state index in [0.29, 0.717) is 4.47 Å². The highest BCUT2D eigenvalue weighted by atomic mass is 79.9. The van der Waals surface area contributed by atoms with Crippen molar-refractivity contribution in [2.45, 2.75) is 11.3 Å². The summed E-state index contributed by atoms with van der Waals surface area (Å²) in [6.45, 7) is -0.0135. The van der Waals surface area contributed by atoms with E-state index in [2.05, 4.69) is 21.2 Å². The van der Waals surface area contributed by atoms with Gasteiger partial charge >= 0.3 is 0 Å². The summed E-state index contributed by atoms with van der Waals surface area (Å²) in [6, 6.07) is 2.76.